The Morgan fingerprint density at radius 3 is 2.15 bits per heavy atom. The number of carbonyl (C=O) groups is 1. The Morgan fingerprint density at radius 1 is 1.00 bits per heavy atom. The highest BCUT2D eigenvalue weighted by molar-refractivity contribution is 7.92. The van der Waals surface area contributed by atoms with E-state index in [0.717, 1.165) is 11.8 Å². The number of benzene rings is 1. The van der Waals surface area contributed by atoms with Crippen LogP contribution >= 0.6 is 11.3 Å². The molecule has 0 saturated carbocycles. The first-order valence-corrected chi connectivity index (χ1v) is 9.44. The Morgan fingerprint density at radius 2 is 1.62 bits per heavy atom. The van der Waals surface area contributed by atoms with Crippen molar-refractivity contribution < 1.29 is 26.4 Å². The highest BCUT2D eigenvalue weighted by atomic mass is 32.2. The van der Waals surface area contributed by atoms with Crippen LogP contribution < -0.4 is 4.72 Å². The molecule has 0 bridgehead atoms. The van der Waals surface area contributed by atoms with E-state index in [-0.39, 0.29) is 16.9 Å². The third kappa shape index (κ3) is 3.81. The van der Waals surface area contributed by atoms with E-state index in [1.165, 1.54) is 12.1 Å². The Kier molecular flexibility index (Phi) is 4.63. The molecule has 2 heterocycles. The lowest BCUT2D eigenvalue weighted by atomic mass is 10.2. The van der Waals surface area contributed by atoms with Crippen molar-refractivity contribution in [3.05, 3.63) is 71.4 Å². The summed E-state index contributed by atoms with van der Waals surface area (Å²) in [4.78, 5) is 11.1. The number of amides is 1. The van der Waals surface area contributed by atoms with E-state index in [4.69, 9.17) is 0 Å². The third-order valence-corrected chi connectivity index (χ3v) is 6.34. The number of hydrogen-bond donors (Lipinski definition) is 1. The van der Waals surface area contributed by atoms with Gasteiger partial charge < -0.3 is 4.57 Å². The monoisotopic (exact) mass is 400 g/mol. The van der Waals surface area contributed by atoms with Crippen LogP contribution in [0.25, 0.3) is 5.69 Å². The molecule has 0 fully saturated rings. The molecule has 0 spiro atoms. The molecule has 26 heavy (non-hydrogen) atoms. The zero-order chi connectivity index (χ0) is 18.9. The second kappa shape index (κ2) is 6.61. The molecule has 5 nitrogen and oxygen atoms in total. The van der Waals surface area contributed by atoms with Gasteiger partial charge >= 0.3 is 6.18 Å². The van der Waals surface area contributed by atoms with Crippen molar-refractivity contribution in [3.63, 3.8) is 0 Å². The van der Waals surface area contributed by atoms with Gasteiger partial charge in [0.1, 0.15) is 9.09 Å². The molecule has 136 valence electrons. The number of carbonyl (C=O) groups excluding carboxylic acids is 1. The maximum absolute atomic E-state index is 12.6. The average Bonchev–Trinajstić information content (AvgIpc) is 3.26. The number of sulfonamides is 1. The number of thiophene rings is 1. The highest BCUT2D eigenvalue weighted by Gasteiger charge is 2.34. The van der Waals surface area contributed by atoms with Crippen LogP contribution in [0.3, 0.4) is 0 Å². The van der Waals surface area contributed by atoms with Crippen LogP contribution in [-0.4, -0.2) is 18.9 Å². The fourth-order valence-corrected chi connectivity index (χ4v) is 4.29. The van der Waals surface area contributed by atoms with Gasteiger partial charge in [-0.2, -0.15) is 13.2 Å². The molecule has 0 aliphatic carbocycles. The number of halogens is 3. The van der Waals surface area contributed by atoms with Crippen LogP contribution in [0.15, 0.2) is 65.1 Å². The van der Waals surface area contributed by atoms with Crippen LogP contribution in [0.5, 0.6) is 0 Å². The zero-order valence-corrected chi connectivity index (χ0v) is 14.5. The van der Waals surface area contributed by atoms with E-state index in [1.807, 2.05) is 12.1 Å². The van der Waals surface area contributed by atoms with Gasteiger partial charge in [-0.1, -0.05) is 0 Å². The molecule has 1 amide bonds. The van der Waals surface area contributed by atoms with Crippen molar-refractivity contribution in [3.8, 4) is 5.69 Å². The molecule has 3 aromatic rings. The Hall–Kier alpha value is -2.59. The summed E-state index contributed by atoms with van der Waals surface area (Å²) in [6, 6.07) is 11.2. The van der Waals surface area contributed by atoms with Gasteiger partial charge in [0.2, 0.25) is 0 Å². The van der Waals surface area contributed by atoms with E-state index in [2.05, 4.69) is 0 Å². The fraction of sp³-hybridized carbons (Fsp3) is 0.0625. The van der Waals surface area contributed by atoms with Crippen molar-refractivity contribution >= 4 is 27.3 Å². The number of aromatic nitrogens is 1. The minimum Gasteiger partial charge on any atom is -0.324 e. The van der Waals surface area contributed by atoms with Crippen LogP contribution in [0, 0.1) is 0 Å². The molecule has 1 aromatic carbocycles. The van der Waals surface area contributed by atoms with E-state index < -0.39 is 31.2 Å². The molecule has 1 N–H and O–H groups in total. The number of nitrogens with zero attached hydrogens (tertiary/aromatic N) is 1. The van der Waals surface area contributed by atoms with Gasteiger partial charge in [-0.25, -0.2) is 13.1 Å². The lowest BCUT2D eigenvalue weighted by molar-refractivity contribution is -0.134. The fourth-order valence-electron chi connectivity index (χ4n) is 2.14. The van der Waals surface area contributed by atoms with Gasteiger partial charge in [-0.05, 0) is 48.5 Å². The molecule has 10 heteroatoms. The Balaban J connectivity index is 1.77. The molecule has 0 saturated heterocycles. The van der Waals surface area contributed by atoms with Gasteiger partial charge in [0, 0.05) is 23.6 Å². The summed E-state index contributed by atoms with van der Waals surface area (Å²) in [5.41, 5.74) is 0.833. The normalized spacial score (nSPS) is 12.1. The number of hydrogen-bond acceptors (Lipinski definition) is 4. The Bertz CT molecular complexity index is 1020. The van der Waals surface area contributed by atoms with Crippen LogP contribution in [0.2, 0.25) is 0 Å². The first-order valence-electron chi connectivity index (χ1n) is 7.14. The molecular weight excluding hydrogens is 389 g/mol. The first-order chi connectivity index (χ1) is 12.2. The topological polar surface area (TPSA) is 68.2 Å². The molecule has 2 aromatic heterocycles. The second-order valence-electron chi connectivity index (χ2n) is 5.19. The summed E-state index contributed by atoms with van der Waals surface area (Å²) in [5, 5.41) is 0. The molecule has 0 radical (unpaired) electrons. The maximum Gasteiger partial charge on any atom is 0.425 e. The van der Waals surface area contributed by atoms with Gasteiger partial charge in [-0.3, -0.25) is 4.79 Å². The smallest absolute Gasteiger partial charge is 0.324 e. The number of nitrogens with one attached hydrogen (secondary N) is 1. The van der Waals surface area contributed by atoms with Crippen LogP contribution in [0.1, 0.15) is 15.2 Å². The van der Waals surface area contributed by atoms with E-state index in [0.29, 0.717) is 6.07 Å². The second-order valence-corrected chi connectivity index (χ2v) is 8.18. The third-order valence-electron chi connectivity index (χ3n) is 3.38. The number of alkyl halides is 3. The summed E-state index contributed by atoms with van der Waals surface area (Å²) in [6.07, 6.45) is -1.04. The van der Waals surface area contributed by atoms with Gasteiger partial charge in [0.25, 0.3) is 15.9 Å². The molecule has 3 rings (SSSR count). The molecule has 0 atom stereocenters. The lowest BCUT2D eigenvalue weighted by Gasteiger charge is -2.07. The van der Waals surface area contributed by atoms with Crippen molar-refractivity contribution in [2.75, 3.05) is 0 Å². The minimum atomic E-state index is -4.64. The summed E-state index contributed by atoms with van der Waals surface area (Å²) in [6.45, 7) is 0. The van der Waals surface area contributed by atoms with Crippen molar-refractivity contribution in [1.82, 2.24) is 9.29 Å². The van der Waals surface area contributed by atoms with Crippen LogP contribution in [-0.2, 0) is 16.2 Å². The first kappa shape index (κ1) is 18.2. The van der Waals surface area contributed by atoms with Gasteiger partial charge in [0.15, 0.2) is 0 Å². The van der Waals surface area contributed by atoms with Crippen molar-refractivity contribution in [1.29, 1.82) is 0 Å². The summed E-state index contributed by atoms with van der Waals surface area (Å²) < 4.78 is 65.0. The quantitative estimate of drug-likeness (QED) is 0.727. The lowest BCUT2D eigenvalue weighted by Crippen LogP contribution is -2.30. The van der Waals surface area contributed by atoms with E-state index >= 15 is 0 Å². The summed E-state index contributed by atoms with van der Waals surface area (Å²) in [7, 11) is -4.39. The predicted octanol–water partition coefficient (Wildman–Crippen LogP) is 3.68. The van der Waals surface area contributed by atoms with Crippen molar-refractivity contribution in [2.24, 2.45) is 0 Å². The average molecular weight is 400 g/mol. The van der Waals surface area contributed by atoms with Crippen LogP contribution in [0.4, 0.5) is 13.2 Å². The SMILES string of the molecule is O=C(NS(=O)(=O)c1ccc(C(F)(F)F)s1)c1ccc(-n2cccc2)cc1. The van der Waals surface area contributed by atoms with Gasteiger partial charge in [-0.15, -0.1) is 11.3 Å². The predicted molar refractivity (Wildman–Crippen MR) is 89.7 cm³/mol. The maximum atomic E-state index is 12.6. The van der Waals surface area contributed by atoms with Gasteiger partial charge in [0.05, 0.1) is 0 Å². The molecular formula is C16H11F3N2O3S2. The van der Waals surface area contributed by atoms with E-state index in [1.54, 1.807) is 33.8 Å². The Labute approximate surface area is 150 Å². The van der Waals surface area contributed by atoms with E-state index in [9.17, 15) is 26.4 Å². The largest absolute Gasteiger partial charge is 0.425 e. The van der Waals surface area contributed by atoms with Crippen molar-refractivity contribution in [2.45, 2.75) is 10.4 Å². The molecule has 0 aliphatic heterocycles. The summed E-state index contributed by atoms with van der Waals surface area (Å²) >= 11 is 0.0536. The molecule has 0 unspecified atom stereocenters. The standard InChI is InChI=1S/C16H11F3N2O3S2/c17-16(18,19)13-7-8-14(25-13)26(23,24)20-15(22)11-3-5-12(6-4-11)21-9-1-2-10-21/h1-10H,(H,20,22). The zero-order valence-electron chi connectivity index (χ0n) is 12.9. The summed E-state index contributed by atoms with van der Waals surface area (Å²) in [5.74, 6) is -0.925. The highest BCUT2D eigenvalue weighted by Crippen LogP contribution is 2.36. The number of rotatable bonds is 4. The minimum absolute atomic E-state index is 0.0536. The molecule has 0 aliphatic rings.